The zero-order valence-electron chi connectivity index (χ0n) is 9.59. The molecule has 2 rings (SSSR count). The molecule has 0 aromatic heterocycles. The molecule has 0 atom stereocenters. The van der Waals surface area contributed by atoms with Crippen LogP contribution in [0, 0.1) is 10.7 Å². The summed E-state index contributed by atoms with van der Waals surface area (Å²) in [5.74, 6) is 0.931. The zero-order valence-corrected chi connectivity index (χ0v) is 17.6. The van der Waals surface area contributed by atoms with Crippen LogP contribution in [0.1, 0.15) is 5.56 Å². The molecule has 0 aliphatic carbocycles. The van der Waals surface area contributed by atoms with E-state index in [4.69, 9.17) is 10.5 Å². The highest BCUT2D eigenvalue weighted by atomic mass is 127. The minimum Gasteiger partial charge on any atom is -0.487 e. The molecule has 0 heterocycles. The molecular formula is C13H9BrI3NO. The Morgan fingerprint density at radius 2 is 1.63 bits per heavy atom. The van der Waals surface area contributed by atoms with E-state index >= 15 is 0 Å². The van der Waals surface area contributed by atoms with Crippen LogP contribution in [0.25, 0.3) is 0 Å². The first kappa shape index (κ1) is 16.1. The summed E-state index contributed by atoms with van der Waals surface area (Å²) in [4.78, 5) is 0. The lowest BCUT2D eigenvalue weighted by molar-refractivity contribution is 0.301. The lowest BCUT2D eigenvalue weighted by atomic mass is 10.2. The van der Waals surface area contributed by atoms with E-state index in [-0.39, 0.29) is 0 Å². The molecule has 100 valence electrons. The van der Waals surface area contributed by atoms with Crippen molar-refractivity contribution in [1.29, 1.82) is 0 Å². The predicted octanol–water partition coefficient (Wildman–Crippen LogP) is 5.42. The average molecular weight is 656 g/mol. The Bertz CT molecular complexity index is 576. The van der Waals surface area contributed by atoms with Gasteiger partial charge in [0.2, 0.25) is 0 Å². The summed E-state index contributed by atoms with van der Waals surface area (Å²) >= 11 is 10.3. The van der Waals surface area contributed by atoms with Crippen molar-refractivity contribution in [2.24, 2.45) is 0 Å². The van der Waals surface area contributed by atoms with Gasteiger partial charge in [0.05, 0.1) is 7.14 Å². The Balaban J connectivity index is 2.19. The zero-order chi connectivity index (χ0) is 14.0. The van der Waals surface area contributed by atoms with Gasteiger partial charge in [-0.25, -0.2) is 0 Å². The van der Waals surface area contributed by atoms with E-state index in [0.717, 1.165) is 28.6 Å². The molecule has 2 aromatic rings. The summed E-state index contributed by atoms with van der Waals surface area (Å²) in [5.41, 5.74) is 7.61. The Morgan fingerprint density at radius 1 is 1.00 bits per heavy atom. The predicted molar refractivity (Wildman–Crippen MR) is 107 cm³/mol. The SMILES string of the molecule is Nc1cc(Br)cc(COc2c(I)cc(I)cc2I)c1. The van der Waals surface area contributed by atoms with Crippen LogP contribution in [0.2, 0.25) is 0 Å². The highest BCUT2D eigenvalue weighted by Crippen LogP contribution is 2.30. The molecule has 19 heavy (non-hydrogen) atoms. The maximum Gasteiger partial charge on any atom is 0.146 e. The summed E-state index contributed by atoms with van der Waals surface area (Å²) in [6.07, 6.45) is 0. The lowest BCUT2D eigenvalue weighted by Gasteiger charge is -2.11. The van der Waals surface area contributed by atoms with Crippen molar-refractivity contribution < 1.29 is 4.74 Å². The normalized spacial score (nSPS) is 10.5. The number of nitrogen functional groups attached to an aromatic ring is 1. The molecule has 2 nitrogen and oxygen atoms in total. The quantitative estimate of drug-likeness (QED) is 0.354. The highest BCUT2D eigenvalue weighted by Gasteiger charge is 2.08. The number of halogens is 4. The largest absolute Gasteiger partial charge is 0.487 e. The van der Waals surface area contributed by atoms with Gasteiger partial charge in [0.25, 0.3) is 0 Å². The number of hydrogen-bond donors (Lipinski definition) is 1. The van der Waals surface area contributed by atoms with Gasteiger partial charge in [-0.05, 0) is 104 Å². The molecule has 0 fully saturated rings. The second-order valence-electron chi connectivity index (χ2n) is 3.88. The van der Waals surface area contributed by atoms with Gasteiger partial charge in [0.1, 0.15) is 12.4 Å². The molecule has 0 aliphatic heterocycles. The summed E-state index contributed by atoms with van der Waals surface area (Å²) in [7, 11) is 0. The van der Waals surface area contributed by atoms with Crippen molar-refractivity contribution >= 4 is 89.4 Å². The Labute approximate surface area is 161 Å². The van der Waals surface area contributed by atoms with Crippen molar-refractivity contribution in [3.8, 4) is 5.75 Å². The molecule has 0 aliphatic rings. The van der Waals surface area contributed by atoms with Crippen LogP contribution in [-0.2, 0) is 6.61 Å². The fourth-order valence-corrected chi connectivity index (χ4v) is 6.03. The van der Waals surface area contributed by atoms with Crippen LogP contribution in [0.4, 0.5) is 5.69 Å². The maximum absolute atomic E-state index is 5.92. The van der Waals surface area contributed by atoms with Crippen LogP contribution in [0.15, 0.2) is 34.8 Å². The third-order valence-corrected chi connectivity index (χ3v) is 5.01. The van der Waals surface area contributed by atoms with Crippen LogP contribution in [0.5, 0.6) is 5.75 Å². The summed E-state index contributed by atoms with van der Waals surface area (Å²) < 4.78 is 10.4. The minimum absolute atomic E-state index is 0.510. The van der Waals surface area contributed by atoms with E-state index < -0.39 is 0 Å². The topological polar surface area (TPSA) is 35.2 Å². The number of hydrogen-bond acceptors (Lipinski definition) is 2. The number of nitrogens with two attached hydrogens (primary N) is 1. The Hall–Kier alpha value is 0.710. The van der Waals surface area contributed by atoms with E-state index in [2.05, 4.69) is 95.8 Å². The first-order chi connectivity index (χ1) is 8.95. The van der Waals surface area contributed by atoms with Crippen molar-refractivity contribution in [2.75, 3.05) is 5.73 Å². The van der Waals surface area contributed by atoms with Crippen LogP contribution in [0.3, 0.4) is 0 Å². The standard InChI is InChI=1S/C13H9BrI3NO/c14-8-1-7(2-10(18)3-8)6-19-13-11(16)4-9(15)5-12(13)17/h1-5H,6,18H2. The smallest absolute Gasteiger partial charge is 0.146 e. The van der Waals surface area contributed by atoms with Crippen molar-refractivity contribution in [1.82, 2.24) is 0 Å². The molecule has 2 aromatic carbocycles. The molecule has 0 radical (unpaired) electrons. The molecule has 0 unspecified atom stereocenters. The maximum atomic E-state index is 5.92. The van der Waals surface area contributed by atoms with E-state index in [9.17, 15) is 0 Å². The molecule has 0 saturated heterocycles. The van der Waals surface area contributed by atoms with E-state index in [0.29, 0.717) is 6.61 Å². The second-order valence-corrected chi connectivity index (χ2v) is 8.37. The molecule has 0 bridgehead atoms. The average Bonchev–Trinajstić information content (AvgIpc) is 2.25. The summed E-state index contributed by atoms with van der Waals surface area (Å²) in [6, 6.07) is 10.0. The number of benzene rings is 2. The van der Waals surface area contributed by atoms with Crippen LogP contribution < -0.4 is 10.5 Å². The Kier molecular flexibility index (Phi) is 6.03. The number of ether oxygens (including phenoxy) is 1. The fraction of sp³-hybridized carbons (Fsp3) is 0.0769. The summed E-state index contributed by atoms with van der Waals surface area (Å²) in [6.45, 7) is 0.510. The van der Waals surface area contributed by atoms with Crippen LogP contribution >= 0.6 is 83.7 Å². The van der Waals surface area contributed by atoms with Crippen LogP contribution in [-0.4, -0.2) is 0 Å². The molecule has 0 saturated carbocycles. The van der Waals surface area contributed by atoms with Gasteiger partial charge < -0.3 is 10.5 Å². The second kappa shape index (κ2) is 7.12. The van der Waals surface area contributed by atoms with Gasteiger partial charge in [0, 0.05) is 13.7 Å². The van der Waals surface area contributed by atoms with Gasteiger partial charge in [-0.2, -0.15) is 0 Å². The fourth-order valence-electron chi connectivity index (χ4n) is 1.58. The van der Waals surface area contributed by atoms with E-state index in [1.54, 1.807) is 0 Å². The first-order valence-corrected chi connectivity index (χ1v) is 9.31. The van der Waals surface area contributed by atoms with Crippen molar-refractivity contribution in [2.45, 2.75) is 6.61 Å². The van der Waals surface area contributed by atoms with Crippen molar-refractivity contribution in [3.05, 3.63) is 51.1 Å². The van der Waals surface area contributed by atoms with Crippen molar-refractivity contribution in [3.63, 3.8) is 0 Å². The van der Waals surface area contributed by atoms with Gasteiger partial charge >= 0.3 is 0 Å². The van der Waals surface area contributed by atoms with Gasteiger partial charge in [-0.3, -0.25) is 0 Å². The number of rotatable bonds is 3. The van der Waals surface area contributed by atoms with Gasteiger partial charge in [-0.15, -0.1) is 0 Å². The molecule has 2 N–H and O–H groups in total. The lowest BCUT2D eigenvalue weighted by Crippen LogP contribution is -2.00. The molecule has 0 amide bonds. The Morgan fingerprint density at radius 3 is 2.21 bits per heavy atom. The first-order valence-electron chi connectivity index (χ1n) is 5.28. The molecular weight excluding hydrogens is 647 g/mol. The van der Waals surface area contributed by atoms with E-state index in [1.165, 1.54) is 3.57 Å². The molecule has 0 spiro atoms. The monoisotopic (exact) mass is 655 g/mol. The highest BCUT2D eigenvalue weighted by molar-refractivity contribution is 14.1. The minimum atomic E-state index is 0.510. The van der Waals surface area contributed by atoms with Gasteiger partial charge in [-0.1, -0.05) is 15.9 Å². The van der Waals surface area contributed by atoms with Gasteiger partial charge in [0.15, 0.2) is 0 Å². The summed E-state index contributed by atoms with van der Waals surface area (Å²) in [5, 5.41) is 0. The third kappa shape index (κ3) is 4.60. The molecule has 6 heteroatoms. The van der Waals surface area contributed by atoms with E-state index in [1.807, 2.05) is 18.2 Å². The third-order valence-electron chi connectivity index (χ3n) is 2.33. The number of anilines is 1.